The summed E-state index contributed by atoms with van der Waals surface area (Å²) in [5.41, 5.74) is 0.530. The Morgan fingerprint density at radius 3 is 1.66 bits per heavy atom. The topological polar surface area (TPSA) is 169 Å². The molecule has 32 heavy (non-hydrogen) atoms. The third kappa shape index (κ3) is 7.57. The second-order valence-electron chi connectivity index (χ2n) is 6.52. The third-order valence-corrected chi connectivity index (χ3v) is 7.32. The Bertz CT molecular complexity index is 802. The van der Waals surface area contributed by atoms with Gasteiger partial charge in [0.25, 0.3) is 17.7 Å². The highest BCUT2D eigenvalue weighted by atomic mass is 127. The number of nitrogens with one attached hydrogen (secondary N) is 2. The molecule has 1 rings (SSSR count). The van der Waals surface area contributed by atoms with Crippen LogP contribution in [0.15, 0.2) is 0 Å². The molecule has 0 heterocycles. The number of carbonyl (C=O) groups excluding carboxylic acids is 3. The Morgan fingerprint density at radius 1 is 0.906 bits per heavy atom. The molecule has 0 fully saturated rings. The Hall–Kier alpha value is -0.380. The van der Waals surface area contributed by atoms with Gasteiger partial charge in [-0.1, -0.05) is 0 Å². The van der Waals surface area contributed by atoms with Gasteiger partial charge in [0.05, 0.1) is 49.4 Å². The van der Waals surface area contributed by atoms with Crippen LogP contribution in [0.3, 0.4) is 0 Å². The summed E-state index contributed by atoms with van der Waals surface area (Å²) in [6, 6.07) is 0. The number of benzene rings is 1. The van der Waals surface area contributed by atoms with Crippen molar-refractivity contribution >= 4 is 91.2 Å². The molecule has 1 aromatic carbocycles. The van der Waals surface area contributed by atoms with Gasteiger partial charge in [-0.15, -0.1) is 0 Å². The molecule has 0 saturated carbocycles. The van der Waals surface area contributed by atoms with Crippen molar-refractivity contribution in [1.29, 1.82) is 0 Å². The van der Waals surface area contributed by atoms with Gasteiger partial charge in [-0.3, -0.25) is 14.4 Å². The number of anilines is 1. The van der Waals surface area contributed by atoms with Gasteiger partial charge in [-0.05, 0) is 67.8 Å². The zero-order chi connectivity index (χ0) is 24.6. The van der Waals surface area contributed by atoms with E-state index in [0.717, 1.165) is 0 Å². The number of halogens is 3. The van der Waals surface area contributed by atoms with Crippen molar-refractivity contribution in [3.05, 3.63) is 21.8 Å². The quantitative estimate of drug-likeness (QED) is 0.160. The fourth-order valence-corrected chi connectivity index (χ4v) is 7.29. The highest BCUT2D eigenvalue weighted by Gasteiger charge is 2.31. The number of carbonyl (C=O) groups is 3. The van der Waals surface area contributed by atoms with Gasteiger partial charge in [0.2, 0.25) is 0 Å². The van der Waals surface area contributed by atoms with Gasteiger partial charge < -0.3 is 40.7 Å². The Morgan fingerprint density at radius 2 is 1.31 bits per heavy atom. The summed E-state index contributed by atoms with van der Waals surface area (Å²) in [4.78, 5) is 39.6. The van der Waals surface area contributed by atoms with E-state index in [1.165, 1.54) is 19.1 Å². The van der Waals surface area contributed by atoms with E-state index in [1.54, 1.807) is 0 Å². The van der Waals surface area contributed by atoms with Crippen molar-refractivity contribution in [3.63, 3.8) is 0 Å². The van der Waals surface area contributed by atoms with Crippen molar-refractivity contribution in [3.8, 4) is 0 Å². The van der Waals surface area contributed by atoms with Gasteiger partial charge >= 0.3 is 0 Å². The lowest BCUT2D eigenvalue weighted by Gasteiger charge is -2.25. The molecule has 0 radical (unpaired) electrons. The van der Waals surface area contributed by atoms with Crippen molar-refractivity contribution in [2.24, 2.45) is 0 Å². The van der Waals surface area contributed by atoms with E-state index in [2.05, 4.69) is 10.6 Å². The molecule has 0 aliphatic rings. The molecule has 180 valence electrons. The van der Waals surface area contributed by atoms with Crippen molar-refractivity contribution in [2.75, 3.05) is 52.0 Å². The normalized spacial score (nSPS) is 12.8. The highest BCUT2D eigenvalue weighted by Crippen LogP contribution is 2.37. The smallest absolute Gasteiger partial charge is 0.253 e. The minimum absolute atomic E-state index is 0.108. The summed E-state index contributed by atoms with van der Waals surface area (Å²) in [6.07, 6.45) is -2.32. The summed E-state index contributed by atoms with van der Waals surface area (Å²) in [6.45, 7) is -1.73. The van der Waals surface area contributed by atoms with Gasteiger partial charge in [0.1, 0.15) is 6.61 Å². The van der Waals surface area contributed by atoms with Crippen molar-refractivity contribution < 1.29 is 39.5 Å². The maximum absolute atomic E-state index is 12.9. The van der Waals surface area contributed by atoms with Crippen LogP contribution < -0.4 is 15.5 Å². The van der Waals surface area contributed by atoms with Gasteiger partial charge in [0, 0.05) is 30.8 Å². The first-order chi connectivity index (χ1) is 15.0. The van der Waals surface area contributed by atoms with E-state index in [9.17, 15) is 24.6 Å². The van der Waals surface area contributed by atoms with Crippen LogP contribution >= 0.6 is 67.8 Å². The van der Waals surface area contributed by atoms with E-state index < -0.39 is 43.1 Å². The number of nitrogens with zero attached hydrogens (tertiary/aromatic N) is 1. The highest BCUT2D eigenvalue weighted by molar-refractivity contribution is 14.1. The lowest BCUT2D eigenvalue weighted by molar-refractivity contribution is -0.121. The summed E-state index contributed by atoms with van der Waals surface area (Å²) in [5.74, 6) is -1.63. The first-order valence-corrected chi connectivity index (χ1v) is 12.3. The number of methoxy groups -OCH3 is 1. The Balaban J connectivity index is 3.60. The monoisotopic (exact) mass is 791 g/mol. The molecule has 2 atom stereocenters. The molecule has 3 amide bonds. The number of likely N-dealkylation sites (N-methyl/N-ethyl adjacent to an activating group) is 1. The standard InChI is InChI=1S/C18H24I3N3O8/c1-24(10(29)7-32-2)16-14(20)11(17(30)22-3-8(27)5-25)13(19)12(15(16)21)18(31)23-4-9(28)6-26/h8-9,25-28H,3-7H2,1-2H3,(H,22,30)(H,23,31). The molecule has 1 aromatic rings. The van der Waals surface area contributed by atoms with Crippen LogP contribution in [-0.4, -0.2) is 97.4 Å². The number of aliphatic hydroxyl groups is 4. The zero-order valence-corrected chi connectivity index (χ0v) is 23.7. The van der Waals surface area contributed by atoms with E-state index in [0.29, 0.717) is 16.4 Å². The fraction of sp³-hybridized carbons (Fsp3) is 0.500. The number of aliphatic hydroxyl groups excluding tert-OH is 4. The molecule has 6 N–H and O–H groups in total. The lowest BCUT2D eigenvalue weighted by atomic mass is 10.1. The molecule has 0 saturated heterocycles. The zero-order valence-electron chi connectivity index (χ0n) is 17.2. The first kappa shape index (κ1) is 29.7. The molecule has 0 aliphatic carbocycles. The van der Waals surface area contributed by atoms with Crippen LogP contribution in [0.5, 0.6) is 0 Å². The minimum atomic E-state index is -1.16. The minimum Gasteiger partial charge on any atom is -0.394 e. The fourth-order valence-electron chi connectivity index (χ4n) is 2.42. The summed E-state index contributed by atoms with van der Waals surface area (Å²) >= 11 is 5.66. The maximum atomic E-state index is 12.9. The Kier molecular flexibility index (Phi) is 13.1. The molecule has 0 spiro atoms. The Labute approximate surface area is 225 Å². The molecule has 0 bridgehead atoms. The maximum Gasteiger partial charge on any atom is 0.253 e. The number of hydrogen-bond acceptors (Lipinski definition) is 8. The van der Waals surface area contributed by atoms with Crippen molar-refractivity contribution in [1.82, 2.24) is 10.6 Å². The summed E-state index contributed by atoms with van der Waals surface area (Å²) in [5, 5.41) is 42.1. The van der Waals surface area contributed by atoms with Gasteiger partial charge in [-0.25, -0.2) is 0 Å². The number of hydrogen-bond donors (Lipinski definition) is 6. The molecule has 14 heteroatoms. The molecular formula is C18H24I3N3O8. The summed E-state index contributed by atoms with van der Waals surface area (Å²) in [7, 11) is 2.86. The predicted molar refractivity (Wildman–Crippen MR) is 141 cm³/mol. The van der Waals surface area contributed by atoms with E-state index >= 15 is 0 Å². The average molecular weight is 791 g/mol. The molecule has 0 aromatic heterocycles. The first-order valence-electron chi connectivity index (χ1n) is 9.11. The molecular weight excluding hydrogens is 767 g/mol. The van der Waals surface area contributed by atoms with Crippen LogP contribution in [0.1, 0.15) is 20.7 Å². The second kappa shape index (κ2) is 14.1. The molecule has 2 unspecified atom stereocenters. The summed E-state index contributed by atoms with van der Waals surface area (Å²) < 4.78 is 5.98. The molecule has 11 nitrogen and oxygen atoms in total. The molecule has 0 aliphatic heterocycles. The van der Waals surface area contributed by atoms with Crippen LogP contribution in [0.25, 0.3) is 0 Å². The number of amides is 3. The van der Waals surface area contributed by atoms with Crippen LogP contribution in [0.4, 0.5) is 5.69 Å². The predicted octanol–water partition coefficient (Wildman–Crippen LogP) is -0.724. The van der Waals surface area contributed by atoms with E-state index in [4.69, 9.17) is 14.9 Å². The lowest BCUT2D eigenvalue weighted by Crippen LogP contribution is -2.38. The van der Waals surface area contributed by atoms with Crippen molar-refractivity contribution in [2.45, 2.75) is 12.2 Å². The number of ether oxygens (including phenoxy) is 1. The SMILES string of the molecule is COCC(=O)N(C)c1c(I)c(C(=O)NCC(O)CO)c(I)c(C(=O)NCC(O)CO)c1I. The van der Waals surface area contributed by atoms with E-state index in [1.807, 2.05) is 67.8 Å². The van der Waals surface area contributed by atoms with Gasteiger partial charge in [-0.2, -0.15) is 0 Å². The van der Waals surface area contributed by atoms with Gasteiger partial charge in [0.15, 0.2) is 0 Å². The van der Waals surface area contributed by atoms with E-state index in [-0.39, 0.29) is 30.8 Å². The largest absolute Gasteiger partial charge is 0.394 e. The van der Waals surface area contributed by atoms with Crippen LogP contribution in [0.2, 0.25) is 0 Å². The average Bonchev–Trinajstić information content (AvgIpc) is 2.75. The number of rotatable bonds is 11. The second-order valence-corrected chi connectivity index (χ2v) is 9.76. The van der Waals surface area contributed by atoms with Crippen LogP contribution in [-0.2, 0) is 9.53 Å². The van der Waals surface area contributed by atoms with Crippen LogP contribution in [0, 0.1) is 10.7 Å². The third-order valence-electron chi connectivity index (χ3n) is 4.14.